The van der Waals surface area contributed by atoms with E-state index in [0.717, 1.165) is 30.7 Å². The molecule has 1 amide bonds. The van der Waals surface area contributed by atoms with Crippen molar-refractivity contribution in [2.45, 2.75) is 25.8 Å². The molecule has 1 fully saturated rings. The SMILES string of the molecule is COc1ccc(C2CCCN2C(=O)C=Cc2ccc(C)cc2)cc1. The van der Waals surface area contributed by atoms with Crippen LogP contribution in [0.4, 0.5) is 0 Å². The Kier molecular flexibility index (Phi) is 4.99. The molecule has 0 aliphatic carbocycles. The monoisotopic (exact) mass is 321 g/mol. The van der Waals surface area contributed by atoms with Crippen LogP contribution >= 0.6 is 0 Å². The van der Waals surface area contributed by atoms with E-state index in [1.165, 1.54) is 11.1 Å². The molecule has 2 aromatic rings. The first-order valence-electron chi connectivity index (χ1n) is 8.36. The largest absolute Gasteiger partial charge is 0.497 e. The van der Waals surface area contributed by atoms with Crippen molar-refractivity contribution in [3.63, 3.8) is 0 Å². The van der Waals surface area contributed by atoms with Crippen LogP contribution in [0, 0.1) is 6.92 Å². The van der Waals surface area contributed by atoms with Crippen molar-refractivity contribution < 1.29 is 9.53 Å². The van der Waals surface area contributed by atoms with Crippen LogP contribution in [0.3, 0.4) is 0 Å². The molecule has 1 saturated heterocycles. The van der Waals surface area contributed by atoms with Crippen molar-refractivity contribution >= 4 is 12.0 Å². The average molecular weight is 321 g/mol. The summed E-state index contributed by atoms with van der Waals surface area (Å²) in [6.07, 6.45) is 5.63. The third kappa shape index (κ3) is 3.67. The maximum absolute atomic E-state index is 12.6. The molecule has 124 valence electrons. The van der Waals surface area contributed by atoms with Gasteiger partial charge in [0.15, 0.2) is 0 Å². The number of carbonyl (C=O) groups is 1. The second kappa shape index (κ2) is 7.35. The first-order chi connectivity index (χ1) is 11.7. The molecule has 1 atom stereocenters. The number of ether oxygens (including phenoxy) is 1. The number of carbonyl (C=O) groups excluding carboxylic acids is 1. The number of hydrogen-bond donors (Lipinski definition) is 0. The zero-order chi connectivity index (χ0) is 16.9. The van der Waals surface area contributed by atoms with Gasteiger partial charge < -0.3 is 9.64 Å². The van der Waals surface area contributed by atoms with Gasteiger partial charge in [-0.1, -0.05) is 42.0 Å². The molecule has 3 heteroatoms. The quantitative estimate of drug-likeness (QED) is 0.782. The van der Waals surface area contributed by atoms with Gasteiger partial charge in [-0.05, 0) is 49.1 Å². The van der Waals surface area contributed by atoms with Gasteiger partial charge in [0.2, 0.25) is 5.91 Å². The Labute approximate surface area is 143 Å². The molecule has 0 saturated carbocycles. The minimum absolute atomic E-state index is 0.0777. The molecule has 2 aromatic carbocycles. The molecule has 0 aromatic heterocycles. The van der Waals surface area contributed by atoms with Crippen molar-refractivity contribution in [1.29, 1.82) is 0 Å². The van der Waals surface area contributed by atoms with Crippen LogP contribution in [0.2, 0.25) is 0 Å². The molecule has 1 unspecified atom stereocenters. The van der Waals surface area contributed by atoms with E-state index in [2.05, 4.69) is 31.2 Å². The Bertz CT molecular complexity index is 717. The standard InChI is InChI=1S/C21H23NO2/c1-16-5-7-17(8-6-16)9-14-21(23)22-15-3-4-20(22)18-10-12-19(24-2)13-11-18/h5-14,20H,3-4,15H2,1-2H3. The van der Waals surface area contributed by atoms with E-state index >= 15 is 0 Å². The van der Waals surface area contributed by atoms with E-state index < -0.39 is 0 Å². The van der Waals surface area contributed by atoms with E-state index in [4.69, 9.17) is 4.74 Å². The second-order valence-corrected chi connectivity index (χ2v) is 6.21. The van der Waals surface area contributed by atoms with Crippen LogP contribution in [-0.4, -0.2) is 24.5 Å². The number of methoxy groups -OCH3 is 1. The number of likely N-dealkylation sites (tertiary alicyclic amines) is 1. The number of nitrogens with zero attached hydrogens (tertiary/aromatic N) is 1. The van der Waals surface area contributed by atoms with Crippen molar-refractivity contribution in [2.24, 2.45) is 0 Å². The summed E-state index contributed by atoms with van der Waals surface area (Å²) in [5, 5.41) is 0. The minimum atomic E-state index is 0.0777. The Morgan fingerprint density at radius 1 is 1.12 bits per heavy atom. The molecule has 0 spiro atoms. The minimum Gasteiger partial charge on any atom is -0.497 e. The van der Waals surface area contributed by atoms with Crippen molar-refractivity contribution in [2.75, 3.05) is 13.7 Å². The summed E-state index contributed by atoms with van der Waals surface area (Å²) in [6.45, 7) is 2.87. The van der Waals surface area contributed by atoms with E-state index in [-0.39, 0.29) is 11.9 Å². The van der Waals surface area contributed by atoms with Gasteiger partial charge in [-0.2, -0.15) is 0 Å². The number of hydrogen-bond acceptors (Lipinski definition) is 2. The van der Waals surface area contributed by atoms with Crippen LogP contribution in [-0.2, 0) is 4.79 Å². The Morgan fingerprint density at radius 3 is 2.50 bits per heavy atom. The highest BCUT2D eigenvalue weighted by Gasteiger charge is 2.28. The Balaban J connectivity index is 1.71. The Hall–Kier alpha value is -2.55. The number of rotatable bonds is 4. The summed E-state index contributed by atoms with van der Waals surface area (Å²) in [5.74, 6) is 0.919. The summed E-state index contributed by atoms with van der Waals surface area (Å²) in [4.78, 5) is 14.6. The smallest absolute Gasteiger partial charge is 0.247 e. The average Bonchev–Trinajstić information content (AvgIpc) is 3.11. The molecule has 1 aliphatic rings. The lowest BCUT2D eigenvalue weighted by molar-refractivity contribution is -0.126. The van der Waals surface area contributed by atoms with Crippen LogP contribution in [0.25, 0.3) is 6.08 Å². The van der Waals surface area contributed by atoms with E-state index in [1.54, 1.807) is 13.2 Å². The molecule has 0 bridgehead atoms. The lowest BCUT2D eigenvalue weighted by Gasteiger charge is -2.24. The number of amides is 1. The summed E-state index contributed by atoms with van der Waals surface area (Å²) < 4.78 is 5.21. The van der Waals surface area contributed by atoms with Gasteiger partial charge in [0, 0.05) is 12.6 Å². The normalized spacial score (nSPS) is 17.4. The number of aryl methyl sites for hydroxylation is 1. The summed E-state index contributed by atoms with van der Waals surface area (Å²) in [7, 11) is 1.66. The van der Waals surface area contributed by atoms with Gasteiger partial charge in [0.1, 0.15) is 5.75 Å². The molecular formula is C21H23NO2. The van der Waals surface area contributed by atoms with Gasteiger partial charge in [0.05, 0.1) is 13.2 Å². The lowest BCUT2D eigenvalue weighted by atomic mass is 10.0. The van der Waals surface area contributed by atoms with Gasteiger partial charge >= 0.3 is 0 Å². The first kappa shape index (κ1) is 16.3. The number of benzene rings is 2. The van der Waals surface area contributed by atoms with E-state index in [9.17, 15) is 4.79 Å². The predicted octanol–water partition coefficient (Wildman–Crippen LogP) is 4.38. The van der Waals surface area contributed by atoms with Crippen LogP contribution < -0.4 is 4.74 Å². The lowest BCUT2D eigenvalue weighted by Crippen LogP contribution is -2.28. The summed E-state index contributed by atoms with van der Waals surface area (Å²) in [5.41, 5.74) is 3.44. The fraction of sp³-hybridized carbons (Fsp3) is 0.286. The molecule has 24 heavy (non-hydrogen) atoms. The summed E-state index contributed by atoms with van der Waals surface area (Å²) >= 11 is 0. The molecule has 0 N–H and O–H groups in total. The molecule has 1 aliphatic heterocycles. The predicted molar refractivity (Wildman–Crippen MR) is 96.9 cm³/mol. The maximum Gasteiger partial charge on any atom is 0.247 e. The molecular weight excluding hydrogens is 298 g/mol. The topological polar surface area (TPSA) is 29.5 Å². The van der Waals surface area contributed by atoms with Crippen molar-refractivity contribution in [3.05, 3.63) is 71.3 Å². The van der Waals surface area contributed by atoms with Crippen LogP contribution in [0.15, 0.2) is 54.6 Å². The first-order valence-corrected chi connectivity index (χ1v) is 8.36. The van der Waals surface area contributed by atoms with Gasteiger partial charge in [-0.3, -0.25) is 4.79 Å². The van der Waals surface area contributed by atoms with E-state index in [0.29, 0.717) is 0 Å². The second-order valence-electron chi connectivity index (χ2n) is 6.21. The fourth-order valence-electron chi connectivity index (χ4n) is 3.14. The zero-order valence-electron chi connectivity index (χ0n) is 14.2. The van der Waals surface area contributed by atoms with Gasteiger partial charge in [-0.25, -0.2) is 0 Å². The van der Waals surface area contributed by atoms with Crippen molar-refractivity contribution in [3.8, 4) is 5.75 Å². The van der Waals surface area contributed by atoms with Gasteiger partial charge in [-0.15, -0.1) is 0 Å². The highest BCUT2D eigenvalue weighted by atomic mass is 16.5. The van der Waals surface area contributed by atoms with Crippen molar-refractivity contribution in [1.82, 2.24) is 4.90 Å². The fourth-order valence-corrected chi connectivity index (χ4v) is 3.14. The molecule has 1 heterocycles. The van der Waals surface area contributed by atoms with Crippen LogP contribution in [0.5, 0.6) is 5.75 Å². The molecule has 3 nitrogen and oxygen atoms in total. The Morgan fingerprint density at radius 2 is 1.83 bits per heavy atom. The van der Waals surface area contributed by atoms with E-state index in [1.807, 2.05) is 35.2 Å². The molecule has 3 rings (SSSR count). The maximum atomic E-state index is 12.6. The van der Waals surface area contributed by atoms with Crippen LogP contribution in [0.1, 0.15) is 35.6 Å². The highest BCUT2D eigenvalue weighted by molar-refractivity contribution is 5.92. The molecule has 0 radical (unpaired) electrons. The zero-order valence-corrected chi connectivity index (χ0v) is 14.2. The highest BCUT2D eigenvalue weighted by Crippen LogP contribution is 2.33. The van der Waals surface area contributed by atoms with Gasteiger partial charge in [0.25, 0.3) is 0 Å². The third-order valence-corrected chi connectivity index (χ3v) is 4.53. The third-order valence-electron chi connectivity index (χ3n) is 4.53. The summed E-state index contributed by atoms with van der Waals surface area (Å²) in [6, 6.07) is 16.4.